The second kappa shape index (κ2) is 6.68. The van der Waals surface area contributed by atoms with Crippen molar-refractivity contribution in [2.24, 2.45) is 17.6 Å². The topological polar surface area (TPSA) is 69.4 Å². The first-order valence-corrected chi connectivity index (χ1v) is 10.9. The summed E-state index contributed by atoms with van der Waals surface area (Å²) >= 11 is 5.91. The van der Waals surface area contributed by atoms with Crippen molar-refractivity contribution in [3.63, 3.8) is 0 Å². The van der Waals surface area contributed by atoms with E-state index in [9.17, 15) is 12.8 Å². The predicted octanol–water partition coefficient (Wildman–Crippen LogP) is 4.05. The van der Waals surface area contributed by atoms with Crippen LogP contribution in [0.1, 0.15) is 25.3 Å². The van der Waals surface area contributed by atoms with Gasteiger partial charge in [0.2, 0.25) is 0 Å². The molecular weight excluding hydrogens is 408 g/mol. The van der Waals surface area contributed by atoms with Crippen molar-refractivity contribution in [3.8, 4) is 5.75 Å². The second-order valence-corrected chi connectivity index (χ2v) is 10.2. The first-order valence-electron chi connectivity index (χ1n) is 9.07. The van der Waals surface area contributed by atoms with Gasteiger partial charge in [0.05, 0.1) is 17.1 Å². The lowest BCUT2D eigenvalue weighted by molar-refractivity contribution is 0.0712. The summed E-state index contributed by atoms with van der Waals surface area (Å²) in [6, 6.07) is 7.40. The van der Waals surface area contributed by atoms with Crippen molar-refractivity contribution in [2.45, 2.75) is 35.4 Å². The van der Waals surface area contributed by atoms with Gasteiger partial charge in [-0.05, 0) is 55.2 Å². The molecule has 0 saturated heterocycles. The zero-order valence-electron chi connectivity index (χ0n) is 15.2. The standard InChI is InChI=1S/C20H20ClF2NO3S/c1-11-14-10-27-19-16(23)7-6-15(22)18(19)20(14,9-8-17(11)24)28(25,26)13-4-2-12(21)3-5-13/h2-7,11,14,17H,8-10,24H2,1H3/t11-,14-,17+,20-/m0/s1. The Morgan fingerprint density at radius 3 is 2.46 bits per heavy atom. The lowest BCUT2D eigenvalue weighted by Gasteiger charge is -2.51. The zero-order valence-corrected chi connectivity index (χ0v) is 16.7. The van der Waals surface area contributed by atoms with Crippen molar-refractivity contribution < 1.29 is 21.9 Å². The van der Waals surface area contributed by atoms with Crippen LogP contribution in [0.2, 0.25) is 5.02 Å². The molecule has 0 radical (unpaired) electrons. The highest BCUT2D eigenvalue weighted by atomic mass is 35.5. The second-order valence-electron chi connectivity index (χ2n) is 7.56. The normalized spacial score (nSPS) is 29.5. The number of hydrogen-bond acceptors (Lipinski definition) is 4. The zero-order chi connectivity index (χ0) is 20.3. The van der Waals surface area contributed by atoms with Crippen LogP contribution in [0.4, 0.5) is 8.78 Å². The molecule has 0 unspecified atom stereocenters. The molecule has 2 aromatic rings. The van der Waals surface area contributed by atoms with Crippen molar-refractivity contribution in [1.29, 1.82) is 0 Å². The van der Waals surface area contributed by atoms with Gasteiger partial charge in [-0.1, -0.05) is 18.5 Å². The van der Waals surface area contributed by atoms with Gasteiger partial charge in [-0.2, -0.15) is 0 Å². The molecule has 0 spiro atoms. The monoisotopic (exact) mass is 427 g/mol. The summed E-state index contributed by atoms with van der Waals surface area (Å²) in [7, 11) is -4.11. The highest BCUT2D eigenvalue weighted by Crippen LogP contribution is 2.57. The van der Waals surface area contributed by atoms with E-state index in [-0.39, 0.29) is 41.2 Å². The molecule has 2 N–H and O–H groups in total. The molecule has 1 saturated carbocycles. The number of nitrogens with two attached hydrogens (primary N) is 1. The maximum atomic E-state index is 15.0. The Labute approximate surface area is 167 Å². The van der Waals surface area contributed by atoms with E-state index < -0.39 is 32.1 Å². The predicted molar refractivity (Wildman–Crippen MR) is 102 cm³/mol. The van der Waals surface area contributed by atoms with Crippen LogP contribution in [-0.2, 0) is 14.6 Å². The van der Waals surface area contributed by atoms with Gasteiger partial charge in [-0.15, -0.1) is 0 Å². The lowest BCUT2D eigenvalue weighted by Crippen LogP contribution is -2.58. The highest BCUT2D eigenvalue weighted by Gasteiger charge is 2.61. The number of ether oxygens (including phenoxy) is 1. The van der Waals surface area contributed by atoms with Crippen molar-refractivity contribution >= 4 is 21.4 Å². The summed E-state index contributed by atoms with van der Waals surface area (Å²) < 4.78 is 61.2. The number of sulfone groups is 1. The number of benzene rings is 2. The number of hydrogen-bond donors (Lipinski definition) is 1. The van der Waals surface area contributed by atoms with Crippen LogP contribution in [0, 0.1) is 23.5 Å². The summed E-state index contributed by atoms with van der Waals surface area (Å²) in [4.78, 5) is 0.0149. The Balaban J connectivity index is 2.04. The molecule has 2 aliphatic rings. The molecule has 150 valence electrons. The van der Waals surface area contributed by atoms with E-state index in [1.807, 2.05) is 6.92 Å². The largest absolute Gasteiger partial charge is 0.490 e. The summed E-state index contributed by atoms with van der Waals surface area (Å²) in [5.41, 5.74) is 5.97. The van der Waals surface area contributed by atoms with Gasteiger partial charge in [0.1, 0.15) is 10.6 Å². The lowest BCUT2D eigenvalue weighted by atomic mass is 9.66. The van der Waals surface area contributed by atoms with Gasteiger partial charge in [-0.3, -0.25) is 0 Å². The molecule has 4 atom stereocenters. The Morgan fingerprint density at radius 1 is 1.14 bits per heavy atom. The summed E-state index contributed by atoms with van der Waals surface area (Å²) in [6.45, 7) is 1.79. The maximum Gasteiger partial charge on any atom is 0.188 e. The van der Waals surface area contributed by atoms with E-state index in [4.69, 9.17) is 22.1 Å². The van der Waals surface area contributed by atoms with Crippen molar-refractivity contribution in [2.75, 3.05) is 6.61 Å². The smallest absolute Gasteiger partial charge is 0.188 e. The number of fused-ring (bicyclic) bond motifs is 3. The van der Waals surface area contributed by atoms with Crippen molar-refractivity contribution in [1.82, 2.24) is 0 Å². The molecule has 0 aromatic heterocycles. The molecule has 4 rings (SSSR count). The first-order chi connectivity index (χ1) is 13.2. The van der Waals surface area contributed by atoms with Crippen LogP contribution >= 0.6 is 11.6 Å². The maximum absolute atomic E-state index is 15.0. The van der Waals surface area contributed by atoms with Gasteiger partial charge in [0.15, 0.2) is 21.4 Å². The Kier molecular flexibility index (Phi) is 4.68. The SMILES string of the molecule is C[C@@H]1[C@H](N)CC[C@@]2(S(=O)(=O)c3ccc(Cl)cc3)c3c(F)ccc(F)c3OC[C@@H]12. The van der Waals surface area contributed by atoms with Crippen LogP contribution in [0.3, 0.4) is 0 Å². The third-order valence-electron chi connectivity index (χ3n) is 6.25. The van der Waals surface area contributed by atoms with Crippen LogP contribution in [-0.4, -0.2) is 21.1 Å². The van der Waals surface area contributed by atoms with Crippen LogP contribution in [0.15, 0.2) is 41.3 Å². The molecule has 1 aliphatic carbocycles. The summed E-state index contributed by atoms with van der Waals surface area (Å²) in [5, 5.41) is 0.386. The minimum absolute atomic E-state index is 0.0149. The molecular formula is C20H20ClF2NO3S. The molecule has 1 aliphatic heterocycles. The van der Waals surface area contributed by atoms with Gasteiger partial charge >= 0.3 is 0 Å². The molecule has 4 nitrogen and oxygen atoms in total. The minimum Gasteiger partial charge on any atom is -0.490 e. The molecule has 1 fully saturated rings. The average molecular weight is 428 g/mol. The molecule has 0 amide bonds. The Bertz CT molecular complexity index is 1030. The van der Waals surface area contributed by atoms with Gasteiger partial charge in [0, 0.05) is 17.0 Å². The molecule has 1 heterocycles. The number of rotatable bonds is 2. The van der Waals surface area contributed by atoms with E-state index in [2.05, 4.69) is 0 Å². The van der Waals surface area contributed by atoms with Crippen LogP contribution in [0.25, 0.3) is 0 Å². The third kappa shape index (κ3) is 2.60. The van der Waals surface area contributed by atoms with Gasteiger partial charge in [-0.25, -0.2) is 17.2 Å². The van der Waals surface area contributed by atoms with Crippen molar-refractivity contribution in [3.05, 3.63) is 58.6 Å². The van der Waals surface area contributed by atoms with E-state index >= 15 is 4.39 Å². The van der Waals surface area contributed by atoms with Crippen LogP contribution in [0.5, 0.6) is 5.75 Å². The van der Waals surface area contributed by atoms with E-state index in [0.717, 1.165) is 12.1 Å². The van der Waals surface area contributed by atoms with Crippen LogP contribution < -0.4 is 10.5 Å². The van der Waals surface area contributed by atoms with E-state index in [0.29, 0.717) is 11.4 Å². The fraction of sp³-hybridized carbons (Fsp3) is 0.400. The molecule has 2 aromatic carbocycles. The van der Waals surface area contributed by atoms with Gasteiger partial charge in [0.25, 0.3) is 0 Å². The van der Waals surface area contributed by atoms with Gasteiger partial charge < -0.3 is 10.5 Å². The van der Waals surface area contributed by atoms with E-state index in [1.165, 1.54) is 24.3 Å². The Hall–Kier alpha value is -1.70. The Morgan fingerprint density at radius 2 is 1.79 bits per heavy atom. The average Bonchev–Trinajstić information content (AvgIpc) is 2.67. The summed E-state index contributed by atoms with van der Waals surface area (Å²) in [5.74, 6) is -2.76. The van der Waals surface area contributed by atoms with E-state index in [1.54, 1.807) is 0 Å². The molecule has 8 heteroatoms. The third-order valence-corrected chi connectivity index (χ3v) is 9.07. The minimum atomic E-state index is -4.11. The quantitative estimate of drug-likeness (QED) is 0.784. The highest BCUT2D eigenvalue weighted by molar-refractivity contribution is 7.92. The fourth-order valence-corrected chi connectivity index (χ4v) is 7.25. The first kappa shape index (κ1) is 19.6. The fourth-order valence-electron chi connectivity index (χ4n) is 4.68. The molecule has 28 heavy (non-hydrogen) atoms. The molecule has 0 bridgehead atoms. The summed E-state index contributed by atoms with van der Waals surface area (Å²) in [6.07, 6.45) is 0.463. The number of halogens is 3.